The van der Waals surface area contributed by atoms with Crippen LogP contribution in [0.2, 0.25) is 0 Å². The number of amides is 1. The number of rotatable bonds is 3. The molecule has 22 heavy (non-hydrogen) atoms. The van der Waals surface area contributed by atoms with E-state index in [9.17, 15) is 9.90 Å². The van der Waals surface area contributed by atoms with E-state index in [2.05, 4.69) is 15.6 Å². The number of carbonyl (C=O) groups is 1. The number of aromatic nitrogens is 2. The number of hydrogen-bond donors (Lipinski definition) is 2. The van der Waals surface area contributed by atoms with Gasteiger partial charge in [-0.3, -0.25) is 9.48 Å². The van der Waals surface area contributed by atoms with Crippen LogP contribution in [0, 0.1) is 0 Å². The van der Waals surface area contributed by atoms with Gasteiger partial charge in [0, 0.05) is 18.8 Å². The maximum atomic E-state index is 11.8. The molecule has 3 rings (SSSR count). The van der Waals surface area contributed by atoms with Gasteiger partial charge in [0.15, 0.2) is 5.69 Å². The number of aryl methyl sites for hydroxylation is 1. The van der Waals surface area contributed by atoms with Crippen molar-refractivity contribution < 1.29 is 9.90 Å². The topological polar surface area (TPSA) is 79.5 Å². The van der Waals surface area contributed by atoms with Crippen LogP contribution in [0.25, 0.3) is 10.8 Å². The van der Waals surface area contributed by atoms with Crippen LogP contribution in [-0.4, -0.2) is 27.0 Å². The highest BCUT2D eigenvalue weighted by molar-refractivity contribution is 6.02. The molecule has 0 spiro atoms. The number of nitrogens with zero attached hydrogens (tertiary/aromatic N) is 3. The molecule has 2 N–H and O–H groups in total. The molecule has 0 radical (unpaired) electrons. The highest BCUT2D eigenvalue weighted by Gasteiger charge is 2.08. The molecule has 0 fully saturated rings. The second-order valence-electron chi connectivity index (χ2n) is 4.79. The Morgan fingerprint density at radius 2 is 2.09 bits per heavy atom. The van der Waals surface area contributed by atoms with Crippen molar-refractivity contribution in [1.82, 2.24) is 15.2 Å². The smallest absolute Gasteiger partial charge is 0.291 e. The maximum absolute atomic E-state index is 11.8. The fourth-order valence-corrected chi connectivity index (χ4v) is 2.17. The summed E-state index contributed by atoms with van der Waals surface area (Å²) in [5.41, 5.74) is 3.23. The summed E-state index contributed by atoms with van der Waals surface area (Å²) in [6.07, 6.45) is 3.10. The number of benzene rings is 2. The summed E-state index contributed by atoms with van der Waals surface area (Å²) >= 11 is 0. The largest absolute Gasteiger partial charge is 0.507 e. The van der Waals surface area contributed by atoms with Crippen molar-refractivity contribution in [3.63, 3.8) is 0 Å². The van der Waals surface area contributed by atoms with Crippen molar-refractivity contribution in [3.05, 3.63) is 59.9 Å². The predicted molar refractivity (Wildman–Crippen MR) is 83.9 cm³/mol. The summed E-state index contributed by atoms with van der Waals surface area (Å²) < 4.78 is 1.54. The number of carbonyl (C=O) groups excluding carboxylic acids is 1. The van der Waals surface area contributed by atoms with Crippen molar-refractivity contribution in [1.29, 1.82) is 0 Å². The quantitative estimate of drug-likeness (QED) is 0.573. The second kappa shape index (κ2) is 5.69. The Hall–Kier alpha value is -3.15. The first-order chi connectivity index (χ1) is 10.6. The van der Waals surface area contributed by atoms with Gasteiger partial charge in [0.2, 0.25) is 0 Å². The van der Waals surface area contributed by atoms with Gasteiger partial charge < -0.3 is 5.11 Å². The number of aromatic hydroxyl groups is 1. The summed E-state index contributed by atoms with van der Waals surface area (Å²) in [5.74, 6) is -0.300. The Bertz CT molecular complexity index is 867. The molecule has 0 bridgehead atoms. The zero-order valence-corrected chi connectivity index (χ0v) is 11.9. The highest BCUT2D eigenvalue weighted by atomic mass is 16.3. The SMILES string of the molecule is Cn1ccc(C(=O)N/N=C\c2c(O)ccc3ccccc23)n1. The van der Waals surface area contributed by atoms with Crippen molar-refractivity contribution in [3.8, 4) is 5.75 Å². The van der Waals surface area contributed by atoms with Gasteiger partial charge in [-0.2, -0.15) is 10.2 Å². The van der Waals surface area contributed by atoms with E-state index < -0.39 is 5.91 Å². The number of hydrazone groups is 1. The second-order valence-corrected chi connectivity index (χ2v) is 4.79. The van der Waals surface area contributed by atoms with Gasteiger partial charge in [-0.25, -0.2) is 5.43 Å². The lowest BCUT2D eigenvalue weighted by Crippen LogP contribution is -2.18. The van der Waals surface area contributed by atoms with Gasteiger partial charge in [-0.1, -0.05) is 30.3 Å². The van der Waals surface area contributed by atoms with E-state index in [0.29, 0.717) is 5.56 Å². The molecule has 3 aromatic rings. The first kappa shape index (κ1) is 13.8. The first-order valence-electron chi connectivity index (χ1n) is 6.69. The molecule has 0 saturated carbocycles. The molecular weight excluding hydrogens is 280 g/mol. The molecule has 110 valence electrons. The average molecular weight is 294 g/mol. The minimum atomic E-state index is -0.406. The van der Waals surface area contributed by atoms with Gasteiger partial charge in [0.05, 0.1) is 6.21 Å². The summed E-state index contributed by atoms with van der Waals surface area (Å²) in [6.45, 7) is 0. The Kier molecular flexibility index (Phi) is 3.57. The number of fused-ring (bicyclic) bond motifs is 1. The number of phenolic OH excluding ortho intramolecular Hbond substituents is 1. The zero-order valence-electron chi connectivity index (χ0n) is 11.9. The minimum Gasteiger partial charge on any atom is -0.507 e. The molecule has 0 unspecified atom stereocenters. The van der Waals surface area contributed by atoms with Gasteiger partial charge in [0.1, 0.15) is 5.75 Å². The molecule has 1 amide bonds. The molecule has 0 aliphatic carbocycles. The molecule has 1 heterocycles. The third-order valence-corrected chi connectivity index (χ3v) is 3.25. The van der Waals surface area contributed by atoms with Gasteiger partial charge >= 0.3 is 0 Å². The number of phenols is 1. The fourth-order valence-electron chi connectivity index (χ4n) is 2.17. The third kappa shape index (κ3) is 2.67. The monoisotopic (exact) mass is 294 g/mol. The molecule has 0 aliphatic heterocycles. The summed E-state index contributed by atoms with van der Waals surface area (Å²) in [7, 11) is 1.73. The molecule has 6 nitrogen and oxygen atoms in total. The van der Waals surface area contributed by atoms with E-state index in [1.165, 1.54) is 10.9 Å². The molecule has 1 aromatic heterocycles. The first-order valence-corrected chi connectivity index (χ1v) is 6.69. The van der Waals surface area contributed by atoms with Crippen LogP contribution in [0.4, 0.5) is 0 Å². The lowest BCUT2D eigenvalue weighted by Gasteiger charge is -2.04. The molecule has 0 aliphatic rings. The lowest BCUT2D eigenvalue weighted by molar-refractivity contribution is 0.0949. The Balaban J connectivity index is 1.84. The van der Waals surface area contributed by atoms with Crippen LogP contribution >= 0.6 is 0 Å². The van der Waals surface area contributed by atoms with Crippen LogP contribution in [0.3, 0.4) is 0 Å². The normalized spacial score (nSPS) is 11.1. The average Bonchev–Trinajstić information content (AvgIpc) is 2.96. The van der Waals surface area contributed by atoms with Crippen molar-refractivity contribution >= 4 is 22.9 Å². The zero-order chi connectivity index (χ0) is 15.5. The Morgan fingerprint density at radius 1 is 1.27 bits per heavy atom. The van der Waals surface area contributed by atoms with E-state index in [4.69, 9.17) is 0 Å². The summed E-state index contributed by atoms with van der Waals surface area (Å²) in [4.78, 5) is 11.8. The Labute approximate surface area is 126 Å². The van der Waals surface area contributed by atoms with E-state index in [0.717, 1.165) is 10.8 Å². The van der Waals surface area contributed by atoms with Crippen LogP contribution in [0.5, 0.6) is 5.75 Å². The minimum absolute atomic E-state index is 0.106. The van der Waals surface area contributed by atoms with Crippen LogP contribution in [0.1, 0.15) is 16.1 Å². The van der Waals surface area contributed by atoms with Gasteiger partial charge in [-0.05, 0) is 22.9 Å². The van der Waals surface area contributed by atoms with Gasteiger partial charge in [-0.15, -0.1) is 0 Å². The van der Waals surface area contributed by atoms with Crippen molar-refractivity contribution in [2.75, 3.05) is 0 Å². The lowest BCUT2D eigenvalue weighted by atomic mass is 10.0. The number of hydrogen-bond acceptors (Lipinski definition) is 4. The van der Waals surface area contributed by atoms with E-state index in [-0.39, 0.29) is 11.4 Å². The van der Waals surface area contributed by atoms with E-state index in [1.54, 1.807) is 25.4 Å². The van der Waals surface area contributed by atoms with E-state index >= 15 is 0 Å². The molecular formula is C16H14N4O2. The fraction of sp³-hybridized carbons (Fsp3) is 0.0625. The van der Waals surface area contributed by atoms with Crippen molar-refractivity contribution in [2.45, 2.75) is 0 Å². The van der Waals surface area contributed by atoms with Crippen molar-refractivity contribution in [2.24, 2.45) is 12.1 Å². The molecule has 2 aromatic carbocycles. The third-order valence-electron chi connectivity index (χ3n) is 3.25. The molecule has 6 heteroatoms. The summed E-state index contributed by atoms with van der Waals surface area (Å²) in [5, 5.41) is 19.7. The predicted octanol–water partition coefficient (Wildman–Crippen LogP) is 2.04. The Morgan fingerprint density at radius 3 is 2.86 bits per heavy atom. The molecule has 0 saturated heterocycles. The van der Waals surface area contributed by atoms with Crippen LogP contribution in [0.15, 0.2) is 53.8 Å². The highest BCUT2D eigenvalue weighted by Crippen LogP contribution is 2.25. The standard InChI is InChI=1S/C16H14N4O2/c1-20-9-8-14(19-20)16(22)18-17-10-13-12-5-3-2-4-11(12)6-7-15(13)21/h2-10,21H,1H3,(H,18,22)/b17-10-. The molecule has 0 atom stereocenters. The summed E-state index contributed by atoms with van der Waals surface area (Å²) in [6, 6.07) is 12.7. The van der Waals surface area contributed by atoms with Crippen LogP contribution in [-0.2, 0) is 7.05 Å². The maximum Gasteiger partial charge on any atom is 0.291 e. The van der Waals surface area contributed by atoms with Gasteiger partial charge in [0.25, 0.3) is 5.91 Å². The number of nitrogens with one attached hydrogen (secondary N) is 1. The van der Waals surface area contributed by atoms with Crippen LogP contribution < -0.4 is 5.43 Å². The van der Waals surface area contributed by atoms with E-state index in [1.807, 2.05) is 30.3 Å².